The van der Waals surface area contributed by atoms with Crippen LogP contribution in [0.15, 0.2) is 0 Å². The van der Waals surface area contributed by atoms with Gasteiger partial charge in [-0.25, -0.2) is 8.42 Å². The average molecular weight is 303 g/mol. The molecule has 0 saturated carbocycles. The van der Waals surface area contributed by atoms with Gasteiger partial charge in [0.1, 0.15) is 11.6 Å². The summed E-state index contributed by atoms with van der Waals surface area (Å²) in [6.07, 6.45) is 0.226. The van der Waals surface area contributed by atoms with E-state index in [1.54, 1.807) is 20.8 Å². The van der Waals surface area contributed by atoms with Crippen LogP contribution in [0.25, 0.3) is 0 Å². The predicted molar refractivity (Wildman–Crippen MR) is 60.5 cm³/mol. The molecule has 1 saturated heterocycles. The van der Waals surface area contributed by atoms with Crippen molar-refractivity contribution in [2.45, 2.75) is 50.8 Å². The number of rotatable bonds is 2. The number of halogens is 3. The van der Waals surface area contributed by atoms with Crippen molar-refractivity contribution >= 4 is 16.0 Å². The zero-order chi connectivity index (χ0) is 15.1. The molecule has 112 valence electrons. The van der Waals surface area contributed by atoms with E-state index < -0.39 is 33.1 Å². The van der Waals surface area contributed by atoms with Crippen molar-refractivity contribution in [3.8, 4) is 0 Å². The molecule has 0 aliphatic carbocycles. The van der Waals surface area contributed by atoms with Crippen molar-refractivity contribution in [1.29, 1.82) is 0 Å². The first-order valence-electron chi connectivity index (χ1n) is 5.67. The van der Waals surface area contributed by atoms with E-state index >= 15 is 0 Å². The zero-order valence-corrected chi connectivity index (χ0v) is 11.6. The van der Waals surface area contributed by atoms with Gasteiger partial charge in [0.15, 0.2) is 0 Å². The Bertz CT molecular complexity index is 452. The molecule has 0 radical (unpaired) electrons. The molecule has 1 aliphatic rings. The minimum Gasteiger partial charge on any atom is -0.459 e. The van der Waals surface area contributed by atoms with Gasteiger partial charge in [-0.2, -0.15) is 17.5 Å². The molecule has 19 heavy (non-hydrogen) atoms. The first-order chi connectivity index (χ1) is 8.36. The normalized spacial score (nSPS) is 22.5. The third kappa shape index (κ3) is 3.59. The van der Waals surface area contributed by atoms with Gasteiger partial charge >= 0.3 is 21.5 Å². The van der Waals surface area contributed by atoms with Crippen molar-refractivity contribution in [1.82, 2.24) is 4.31 Å². The Balaban J connectivity index is 2.95. The Labute approximate surface area is 109 Å². The molecule has 0 unspecified atom stereocenters. The van der Waals surface area contributed by atoms with Crippen molar-refractivity contribution in [2.24, 2.45) is 0 Å². The van der Waals surface area contributed by atoms with Crippen LogP contribution in [0.5, 0.6) is 0 Å². The topological polar surface area (TPSA) is 63.7 Å². The molecule has 1 rings (SSSR count). The lowest BCUT2D eigenvalue weighted by Crippen LogP contribution is -2.48. The quantitative estimate of drug-likeness (QED) is 0.728. The second kappa shape index (κ2) is 4.93. The maximum absolute atomic E-state index is 12.5. The van der Waals surface area contributed by atoms with E-state index in [1.165, 1.54) is 0 Å². The third-order valence-electron chi connectivity index (χ3n) is 2.48. The summed E-state index contributed by atoms with van der Waals surface area (Å²) in [7, 11) is -5.49. The van der Waals surface area contributed by atoms with Crippen LogP contribution in [0.1, 0.15) is 33.6 Å². The monoisotopic (exact) mass is 303 g/mol. The van der Waals surface area contributed by atoms with Crippen molar-refractivity contribution in [2.75, 3.05) is 6.54 Å². The van der Waals surface area contributed by atoms with Crippen LogP contribution in [0, 0.1) is 0 Å². The molecule has 1 fully saturated rings. The Hall–Kier alpha value is -0.830. The van der Waals surface area contributed by atoms with Crippen LogP contribution in [0.4, 0.5) is 13.2 Å². The molecule has 1 heterocycles. The number of hydrogen-bond acceptors (Lipinski definition) is 4. The number of hydrogen-bond donors (Lipinski definition) is 0. The summed E-state index contributed by atoms with van der Waals surface area (Å²) in [5, 5.41) is 0. The minimum atomic E-state index is -5.49. The van der Waals surface area contributed by atoms with Crippen molar-refractivity contribution in [3.05, 3.63) is 0 Å². The number of esters is 1. The Morgan fingerprint density at radius 3 is 2.21 bits per heavy atom. The largest absolute Gasteiger partial charge is 0.511 e. The molecule has 1 atom stereocenters. The standard InChI is InChI=1S/C10H16F3NO4S/c1-9(2,3)18-8(15)7-5-4-6-14(7)19(16,17)10(11,12)13/h7H,4-6H2,1-3H3/t7-/m1/s1. The number of alkyl halides is 3. The molecule has 5 nitrogen and oxygen atoms in total. The lowest BCUT2D eigenvalue weighted by molar-refractivity contribution is -0.159. The number of carbonyl (C=O) groups is 1. The lowest BCUT2D eigenvalue weighted by Gasteiger charge is -2.27. The fourth-order valence-electron chi connectivity index (χ4n) is 1.77. The van der Waals surface area contributed by atoms with Gasteiger partial charge in [0.2, 0.25) is 0 Å². The average Bonchev–Trinajstić information content (AvgIpc) is 2.60. The highest BCUT2D eigenvalue weighted by atomic mass is 32.2. The van der Waals surface area contributed by atoms with Gasteiger partial charge in [-0.1, -0.05) is 0 Å². The number of nitrogens with zero attached hydrogens (tertiary/aromatic N) is 1. The summed E-state index contributed by atoms with van der Waals surface area (Å²) in [4.78, 5) is 11.7. The van der Waals surface area contributed by atoms with Gasteiger partial charge in [0.05, 0.1) is 0 Å². The van der Waals surface area contributed by atoms with Crippen LogP contribution in [0.2, 0.25) is 0 Å². The molecular formula is C10H16F3NO4S. The second-order valence-electron chi connectivity index (χ2n) is 5.25. The number of carbonyl (C=O) groups excluding carboxylic acids is 1. The molecule has 0 bridgehead atoms. The maximum Gasteiger partial charge on any atom is 0.511 e. The summed E-state index contributed by atoms with van der Waals surface area (Å²) < 4.78 is 65.2. The molecule has 0 aromatic rings. The van der Waals surface area contributed by atoms with Gasteiger partial charge in [-0.05, 0) is 33.6 Å². The fraction of sp³-hybridized carbons (Fsp3) is 0.900. The van der Waals surface area contributed by atoms with E-state index in [0.29, 0.717) is 0 Å². The zero-order valence-electron chi connectivity index (χ0n) is 10.8. The smallest absolute Gasteiger partial charge is 0.459 e. The lowest BCUT2D eigenvalue weighted by atomic mass is 10.2. The van der Waals surface area contributed by atoms with Crippen molar-refractivity contribution in [3.63, 3.8) is 0 Å². The van der Waals surface area contributed by atoms with Crippen LogP contribution in [-0.2, 0) is 19.6 Å². The van der Waals surface area contributed by atoms with E-state index in [-0.39, 0.29) is 23.7 Å². The highest BCUT2D eigenvalue weighted by Crippen LogP contribution is 2.33. The molecule has 9 heteroatoms. The number of sulfonamides is 1. The molecular weight excluding hydrogens is 287 g/mol. The van der Waals surface area contributed by atoms with Crippen LogP contribution >= 0.6 is 0 Å². The predicted octanol–water partition coefficient (Wildman–Crippen LogP) is 1.64. The number of ether oxygens (including phenoxy) is 1. The van der Waals surface area contributed by atoms with Crippen LogP contribution < -0.4 is 0 Å². The Morgan fingerprint density at radius 2 is 1.79 bits per heavy atom. The fourth-order valence-corrected chi connectivity index (χ4v) is 2.93. The highest BCUT2D eigenvalue weighted by Gasteiger charge is 2.54. The summed E-state index contributed by atoms with van der Waals surface area (Å²) in [6, 6.07) is -1.40. The summed E-state index contributed by atoms with van der Waals surface area (Å²) >= 11 is 0. The first-order valence-corrected chi connectivity index (χ1v) is 7.11. The SMILES string of the molecule is CC(C)(C)OC(=O)[C@H]1CCCN1S(=O)(=O)C(F)(F)F. The molecule has 1 aliphatic heterocycles. The third-order valence-corrected chi connectivity index (χ3v) is 4.12. The van der Waals surface area contributed by atoms with Gasteiger partial charge < -0.3 is 4.74 Å². The van der Waals surface area contributed by atoms with E-state index in [0.717, 1.165) is 0 Å². The van der Waals surface area contributed by atoms with Gasteiger partial charge in [0, 0.05) is 6.54 Å². The van der Waals surface area contributed by atoms with Gasteiger partial charge in [-0.3, -0.25) is 4.79 Å². The maximum atomic E-state index is 12.5. The summed E-state index contributed by atoms with van der Waals surface area (Å²) in [5.74, 6) is -0.946. The summed E-state index contributed by atoms with van der Waals surface area (Å²) in [5.41, 5.74) is -6.29. The van der Waals surface area contributed by atoms with Gasteiger partial charge in [0.25, 0.3) is 0 Å². The highest BCUT2D eigenvalue weighted by molar-refractivity contribution is 7.90. The molecule has 0 N–H and O–H groups in total. The van der Waals surface area contributed by atoms with E-state index in [2.05, 4.69) is 0 Å². The van der Waals surface area contributed by atoms with E-state index in [1.807, 2.05) is 0 Å². The molecule has 0 aromatic carbocycles. The molecule has 0 aromatic heterocycles. The Morgan fingerprint density at radius 1 is 1.26 bits per heavy atom. The van der Waals surface area contributed by atoms with Crippen LogP contribution in [0.3, 0.4) is 0 Å². The molecule has 0 spiro atoms. The first kappa shape index (κ1) is 16.2. The van der Waals surface area contributed by atoms with Crippen LogP contribution in [-0.4, -0.2) is 42.4 Å². The second-order valence-corrected chi connectivity index (χ2v) is 7.14. The van der Waals surface area contributed by atoms with Gasteiger partial charge in [-0.15, -0.1) is 0 Å². The van der Waals surface area contributed by atoms with Crippen molar-refractivity contribution < 1.29 is 31.1 Å². The Kier molecular flexibility index (Phi) is 4.21. The summed E-state index contributed by atoms with van der Waals surface area (Å²) in [6.45, 7) is 4.35. The van der Waals surface area contributed by atoms with E-state index in [9.17, 15) is 26.4 Å². The molecule has 0 amide bonds. The minimum absolute atomic E-state index is 0.0320. The van der Waals surface area contributed by atoms with E-state index in [4.69, 9.17) is 4.74 Å².